The molecule has 0 atom stereocenters. The molecule has 0 aromatic carbocycles. The minimum atomic E-state index is -0.234. The van der Waals surface area contributed by atoms with Crippen LogP contribution in [-0.2, 0) is 9.53 Å². The van der Waals surface area contributed by atoms with E-state index in [9.17, 15) is 4.79 Å². The molecule has 5 nitrogen and oxygen atoms in total. The van der Waals surface area contributed by atoms with Crippen molar-refractivity contribution in [1.82, 2.24) is 9.97 Å². The third-order valence-electron chi connectivity index (χ3n) is 1.62. The van der Waals surface area contributed by atoms with Crippen LogP contribution in [0.4, 0.5) is 5.82 Å². The lowest BCUT2D eigenvalue weighted by Crippen LogP contribution is -2.09. The van der Waals surface area contributed by atoms with E-state index in [1.165, 1.54) is 13.1 Å². The van der Waals surface area contributed by atoms with Crippen molar-refractivity contribution in [3.05, 3.63) is 23.6 Å². The van der Waals surface area contributed by atoms with Crippen LogP contribution in [0.1, 0.15) is 19.5 Å². The van der Waals surface area contributed by atoms with Gasteiger partial charge in [0.1, 0.15) is 11.5 Å². The largest absolute Gasteiger partial charge is 0.492 e. The molecule has 0 bridgehead atoms. The number of carbonyl (C=O) groups is 1. The molecule has 16 heavy (non-hydrogen) atoms. The standard InChI is InChI=1S/C10H12ClN3O2/c1-4-16-6(2)9-10(11)14-8(5-12-9)13-7(3)15/h5H,2,4H2,1,3H3,(H,13,14,15). The number of ether oxygens (including phenoxy) is 1. The molecule has 0 aliphatic carbocycles. The Bertz CT molecular complexity index is 421. The summed E-state index contributed by atoms with van der Waals surface area (Å²) in [5.74, 6) is 0.418. The molecule has 1 N–H and O–H groups in total. The van der Waals surface area contributed by atoms with E-state index in [-0.39, 0.29) is 11.1 Å². The highest BCUT2D eigenvalue weighted by molar-refractivity contribution is 6.30. The zero-order chi connectivity index (χ0) is 12.1. The highest BCUT2D eigenvalue weighted by Crippen LogP contribution is 2.20. The SMILES string of the molecule is C=C(OCC)c1ncc(NC(C)=O)nc1Cl. The van der Waals surface area contributed by atoms with Gasteiger partial charge in [0.25, 0.3) is 0 Å². The van der Waals surface area contributed by atoms with Crippen molar-refractivity contribution in [2.45, 2.75) is 13.8 Å². The van der Waals surface area contributed by atoms with Gasteiger partial charge in [0, 0.05) is 6.92 Å². The maximum absolute atomic E-state index is 10.8. The molecule has 1 amide bonds. The number of amides is 1. The van der Waals surface area contributed by atoms with E-state index in [0.29, 0.717) is 23.9 Å². The first-order valence-electron chi connectivity index (χ1n) is 4.66. The Hall–Kier alpha value is -1.62. The van der Waals surface area contributed by atoms with Crippen LogP contribution in [0, 0.1) is 0 Å². The molecule has 1 heterocycles. The second kappa shape index (κ2) is 5.46. The third-order valence-corrected chi connectivity index (χ3v) is 1.88. The minimum absolute atomic E-state index is 0.143. The van der Waals surface area contributed by atoms with Crippen molar-refractivity contribution >= 4 is 29.1 Å². The minimum Gasteiger partial charge on any atom is -0.492 e. The fraction of sp³-hybridized carbons (Fsp3) is 0.300. The molecular formula is C10H12ClN3O2. The first-order chi connectivity index (χ1) is 7.54. The number of halogens is 1. The molecule has 1 aromatic heterocycles. The smallest absolute Gasteiger partial charge is 0.222 e. The number of nitrogens with one attached hydrogen (secondary N) is 1. The number of rotatable bonds is 4. The van der Waals surface area contributed by atoms with Crippen molar-refractivity contribution in [2.24, 2.45) is 0 Å². The Morgan fingerprint density at radius 1 is 1.69 bits per heavy atom. The van der Waals surface area contributed by atoms with Crippen LogP contribution in [0.25, 0.3) is 5.76 Å². The fourth-order valence-electron chi connectivity index (χ4n) is 1.04. The lowest BCUT2D eigenvalue weighted by Gasteiger charge is -2.08. The molecular weight excluding hydrogens is 230 g/mol. The van der Waals surface area contributed by atoms with Crippen LogP contribution < -0.4 is 5.32 Å². The van der Waals surface area contributed by atoms with Gasteiger partial charge < -0.3 is 10.1 Å². The summed E-state index contributed by atoms with van der Waals surface area (Å²) in [5.41, 5.74) is 0.373. The average Bonchev–Trinajstić information content (AvgIpc) is 2.16. The molecule has 6 heteroatoms. The van der Waals surface area contributed by atoms with E-state index >= 15 is 0 Å². The van der Waals surface area contributed by atoms with Crippen LogP contribution >= 0.6 is 11.6 Å². The van der Waals surface area contributed by atoms with E-state index in [4.69, 9.17) is 16.3 Å². The molecule has 0 spiro atoms. The molecule has 0 unspecified atom stereocenters. The second-order valence-electron chi connectivity index (χ2n) is 2.93. The summed E-state index contributed by atoms with van der Waals surface area (Å²) in [6, 6.07) is 0. The topological polar surface area (TPSA) is 64.1 Å². The molecule has 86 valence electrons. The van der Waals surface area contributed by atoms with Crippen LogP contribution in [0.5, 0.6) is 0 Å². The van der Waals surface area contributed by atoms with E-state index in [2.05, 4.69) is 21.9 Å². The molecule has 0 aliphatic heterocycles. The quantitative estimate of drug-likeness (QED) is 0.820. The summed E-state index contributed by atoms with van der Waals surface area (Å²) in [5, 5.41) is 2.62. The Labute approximate surface area is 98.5 Å². The van der Waals surface area contributed by atoms with Gasteiger partial charge in [-0.2, -0.15) is 0 Å². The van der Waals surface area contributed by atoms with Crippen LogP contribution in [0.3, 0.4) is 0 Å². The lowest BCUT2D eigenvalue weighted by atomic mass is 10.4. The van der Waals surface area contributed by atoms with Gasteiger partial charge in [-0.05, 0) is 6.92 Å². The molecule has 0 fully saturated rings. The van der Waals surface area contributed by atoms with Gasteiger partial charge in [-0.3, -0.25) is 4.79 Å². The molecule has 0 aliphatic rings. The van der Waals surface area contributed by atoms with Gasteiger partial charge in [-0.25, -0.2) is 9.97 Å². The van der Waals surface area contributed by atoms with Gasteiger partial charge in [-0.15, -0.1) is 0 Å². The van der Waals surface area contributed by atoms with E-state index in [0.717, 1.165) is 0 Å². The third kappa shape index (κ3) is 3.20. The number of hydrogen-bond acceptors (Lipinski definition) is 4. The Morgan fingerprint density at radius 2 is 2.38 bits per heavy atom. The predicted molar refractivity (Wildman–Crippen MR) is 62.0 cm³/mol. The molecule has 0 saturated carbocycles. The van der Waals surface area contributed by atoms with Gasteiger partial charge in [0.05, 0.1) is 12.8 Å². The Balaban J connectivity index is 2.91. The summed E-state index contributed by atoms with van der Waals surface area (Å²) in [4.78, 5) is 18.7. The van der Waals surface area contributed by atoms with Gasteiger partial charge >= 0.3 is 0 Å². The monoisotopic (exact) mass is 241 g/mol. The Kier molecular flexibility index (Phi) is 4.25. The van der Waals surface area contributed by atoms with Gasteiger partial charge in [-0.1, -0.05) is 18.2 Å². The van der Waals surface area contributed by atoms with Crippen LogP contribution in [0.15, 0.2) is 12.8 Å². The highest BCUT2D eigenvalue weighted by atomic mass is 35.5. The van der Waals surface area contributed by atoms with Crippen molar-refractivity contribution in [3.8, 4) is 0 Å². The maximum Gasteiger partial charge on any atom is 0.222 e. The van der Waals surface area contributed by atoms with Crippen molar-refractivity contribution in [2.75, 3.05) is 11.9 Å². The highest BCUT2D eigenvalue weighted by Gasteiger charge is 2.10. The van der Waals surface area contributed by atoms with E-state index < -0.39 is 0 Å². The van der Waals surface area contributed by atoms with Gasteiger partial charge in [0.15, 0.2) is 11.0 Å². The maximum atomic E-state index is 10.8. The molecule has 1 aromatic rings. The summed E-state index contributed by atoms with van der Waals surface area (Å²) in [7, 11) is 0. The average molecular weight is 242 g/mol. The van der Waals surface area contributed by atoms with Crippen LogP contribution in [0.2, 0.25) is 5.15 Å². The molecule has 0 radical (unpaired) electrons. The van der Waals surface area contributed by atoms with Crippen molar-refractivity contribution < 1.29 is 9.53 Å². The summed E-state index contributed by atoms with van der Waals surface area (Å²) in [6.45, 7) is 7.36. The first-order valence-corrected chi connectivity index (χ1v) is 5.04. The number of carbonyl (C=O) groups excluding carboxylic acids is 1. The van der Waals surface area contributed by atoms with E-state index in [1.54, 1.807) is 0 Å². The first kappa shape index (κ1) is 12.4. The van der Waals surface area contributed by atoms with Crippen molar-refractivity contribution in [1.29, 1.82) is 0 Å². The Morgan fingerprint density at radius 3 is 2.88 bits per heavy atom. The number of nitrogens with zero attached hydrogens (tertiary/aromatic N) is 2. The molecule has 1 rings (SSSR count). The number of anilines is 1. The van der Waals surface area contributed by atoms with Crippen molar-refractivity contribution in [3.63, 3.8) is 0 Å². The van der Waals surface area contributed by atoms with Crippen LogP contribution in [-0.4, -0.2) is 22.5 Å². The zero-order valence-electron chi connectivity index (χ0n) is 9.08. The summed E-state index contributed by atoms with van der Waals surface area (Å²) in [6.07, 6.45) is 1.40. The summed E-state index contributed by atoms with van der Waals surface area (Å²) < 4.78 is 5.16. The zero-order valence-corrected chi connectivity index (χ0v) is 9.84. The lowest BCUT2D eigenvalue weighted by molar-refractivity contribution is -0.114. The summed E-state index contributed by atoms with van der Waals surface area (Å²) >= 11 is 5.88. The molecule has 0 saturated heterocycles. The predicted octanol–water partition coefficient (Wildman–Crippen LogP) is 2.10. The number of hydrogen-bond donors (Lipinski definition) is 1. The number of aromatic nitrogens is 2. The second-order valence-corrected chi connectivity index (χ2v) is 3.29. The normalized spacial score (nSPS) is 9.69. The van der Waals surface area contributed by atoms with Gasteiger partial charge in [0.2, 0.25) is 5.91 Å². The fourth-order valence-corrected chi connectivity index (χ4v) is 1.28. The van der Waals surface area contributed by atoms with E-state index in [1.807, 2.05) is 6.92 Å².